The molecule has 0 aliphatic carbocycles. The van der Waals surface area contributed by atoms with Gasteiger partial charge in [-0.1, -0.05) is 6.92 Å². The van der Waals surface area contributed by atoms with Crippen molar-refractivity contribution in [2.75, 3.05) is 0 Å². The van der Waals surface area contributed by atoms with Crippen LogP contribution in [-0.4, -0.2) is 29.2 Å². The number of rotatable bonds is 2. The topological polar surface area (TPSA) is 78.4 Å². The number of carbonyl (C=O) groups excluding carboxylic acids is 1. The summed E-state index contributed by atoms with van der Waals surface area (Å²) in [6, 6.07) is -0.311. The second-order valence-corrected chi connectivity index (χ2v) is 2.84. The first-order chi connectivity index (χ1) is 5.63. The Morgan fingerprint density at radius 1 is 1.83 bits per heavy atom. The lowest BCUT2D eigenvalue weighted by atomic mass is 10.1. The summed E-state index contributed by atoms with van der Waals surface area (Å²) < 4.78 is 0. The van der Waals surface area contributed by atoms with Crippen molar-refractivity contribution in [3.05, 3.63) is 0 Å². The number of hydrogen-bond donors (Lipinski definition) is 3. The quantitative estimate of drug-likeness (QED) is 0.545. The van der Waals surface area contributed by atoms with Gasteiger partial charge in [0.05, 0.1) is 6.04 Å². The fraction of sp³-hybridized carbons (Fsp3) is 0.714. The third kappa shape index (κ3) is 1.87. The van der Waals surface area contributed by atoms with E-state index in [0.29, 0.717) is 0 Å². The first kappa shape index (κ1) is 8.83. The van der Waals surface area contributed by atoms with E-state index in [0.717, 1.165) is 6.42 Å². The Morgan fingerprint density at radius 3 is 3.00 bits per heavy atom. The largest absolute Gasteiger partial charge is 0.465 e. The Balaban J connectivity index is 2.51. The highest BCUT2D eigenvalue weighted by atomic mass is 16.4. The molecule has 12 heavy (non-hydrogen) atoms. The third-order valence-corrected chi connectivity index (χ3v) is 1.99. The monoisotopic (exact) mass is 172 g/mol. The van der Waals surface area contributed by atoms with E-state index in [-0.39, 0.29) is 24.4 Å². The van der Waals surface area contributed by atoms with E-state index < -0.39 is 6.09 Å². The molecule has 2 atom stereocenters. The van der Waals surface area contributed by atoms with Gasteiger partial charge < -0.3 is 15.7 Å². The van der Waals surface area contributed by atoms with Crippen LogP contribution in [0.15, 0.2) is 0 Å². The van der Waals surface area contributed by atoms with Gasteiger partial charge in [0, 0.05) is 12.5 Å². The maximum Gasteiger partial charge on any atom is 0.404 e. The van der Waals surface area contributed by atoms with Gasteiger partial charge in [0.25, 0.3) is 0 Å². The second kappa shape index (κ2) is 3.42. The smallest absolute Gasteiger partial charge is 0.404 e. The van der Waals surface area contributed by atoms with Crippen molar-refractivity contribution in [2.45, 2.75) is 31.8 Å². The molecule has 5 heteroatoms. The summed E-state index contributed by atoms with van der Waals surface area (Å²) in [6.45, 7) is 1.91. The molecule has 0 aromatic rings. The normalized spacial score (nSPS) is 28.2. The molecule has 1 heterocycles. The number of carbonyl (C=O) groups is 2. The van der Waals surface area contributed by atoms with Crippen LogP contribution in [0.3, 0.4) is 0 Å². The van der Waals surface area contributed by atoms with Gasteiger partial charge in [-0.25, -0.2) is 4.79 Å². The van der Waals surface area contributed by atoms with Crippen LogP contribution in [0.4, 0.5) is 4.79 Å². The molecule has 1 rings (SSSR count). The predicted octanol–water partition coefficient (Wildman–Crippen LogP) is -0.0789. The molecule has 5 nitrogen and oxygen atoms in total. The Labute approximate surface area is 70.1 Å². The minimum atomic E-state index is -1.07. The molecule has 68 valence electrons. The van der Waals surface area contributed by atoms with E-state index in [1.54, 1.807) is 0 Å². The van der Waals surface area contributed by atoms with Crippen LogP contribution in [0.2, 0.25) is 0 Å². The number of hydrogen-bond acceptors (Lipinski definition) is 2. The summed E-state index contributed by atoms with van der Waals surface area (Å²) in [5.74, 6) is -0.0828. The first-order valence-electron chi connectivity index (χ1n) is 3.92. The van der Waals surface area contributed by atoms with Gasteiger partial charge >= 0.3 is 6.09 Å². The summed E-state index contributed by atoms with van der Waals surface area (Å²) >= 11 is 0. The fourth-order valence-corrected chi connectivity index (χ4v) is 1.41. The van der Waals surface area contributed by atoms with E-state index in [1.807, 2.05) is 6.92 Å². The minimum Gasteiger partial charge on any atom is -0.465 e. The average Bonchev–Trinajstić information content (AvgIpc) is 2.29. The second-order valence-electron chi connectivity index (χ2n) is 2.84. The zero-order valence-electron chi connectivity index (χ0n) is 6.83. The highest BCUT2D eigenvalue weighted by Gasteiger charge is 2.31. The molecule has 2 unspecified atom stereocenters. The van der Waals surface area contributed by atoms with Crippen molar-refractivity contribution in [3.8, 4) is 0 Å². The van der Waals surface area contributed by atoms with Gasteiger partial charge in [-0.15, -0.1) is 0 Å². The third-order valence-electron chi connectivity index (χ3n) is 1.99. The minimum absolute atomic E-state index is 0.0476. The molecular formula is C7H12N2O3. The fourth-order valence-electron chi connectivity index (χ4n) is 1.41. The SMILES string of the molecule is CCC1NC(=O)CC1NC(=O)O. The standard InChI is InChI=1S/C7H12N2O3/c1-2-4-5(9-7(11)12)3-6(10)8-4/h4-5,9H,2-3H2,1H3,(H,8,10)(H,11,12). The Hall–Kier alpha value is -1.26. The lowest BCUT2D eigenvalue weighted by Gasteiger charge is -2.15. The van der Waals surface area contributed by atoms with E-state index >= 15 is 0 Å². The zero-order chi connectivity index (χ0) is 9.14. The van der Waals surface area contributed by atoms with Crippen LogP contribution >= 0.6 is 0 Å². The number of carboxylic acid groups (broad SMARTS) is 1. The molecule has 0 saturated carbocycles. The van der Waals surface area contributed by atoms with Crippen LogP contribution in [0.25, 0.3) is 0 Å². The molecule has 3 N–H and O–H groups in total. The average molecular weight is 172 g/mol. The molecule has 1 aliphatic rings. The number of amides is 2. The highest BCUT2D eigenvalue weighted by molar-refractivity contribution is 5.80. The van der Waals surface area contributed by atoms with Crippen molar-refractivity contribution >= 4 is 12.0 Å². The van der Waals surface area contributed by atoms with E-state index in [4.69, 9.17) is 5.11 Å². The summed E-state index contributed by atoms with van der Waals surface area (Å²) in [6.07, 6.45) is -0.0726. The van der Waals surface area contributed by atoms with Crippen molar-refractivity contribution in [1.82, 2.24) is 10.6 Å². The van der Waals surface area contributed by atoms with Crippen LogP contribution in [0.1, 0.15) is 19.8 Å². The molecule has 0 spiro atoms. The molecule has 1 fully saturated rings. The van der Waals surface area contributed by atoms with E-state index in [2.05, 4.69) is 10.6 Å². The Kier molecular flexibility index (Phi) is 2.52. The van der Waals surface area contributed by atoms with Gasteiger partial charge in [0.1, 0.15) is 0 Å². The Bertz CT molecular complexity index is 205. The summed E-state index contributed by atoms with van der Waals surface area (Å²) in [7, 11) is 0. The Morgan fingerprint density at radius 2 is 2.50 bits per heavy atom. The van der Waals surface area contributed by atoms with Crippen LogP contribution in [0, 0.1) is 0 Å². The first-order valence-corrected chi connectivity index (χ1v) is 3.92. The van der Waals surface area contributed by atoms with Crippen molar-refractivity contribution in [3.63, 3.8) is 0 Å². The molecule has 0 aromatic heterocycles. The summed E-state index contributed by atoms with van der Waals surface area (Å²) in [4.78, 5) is 21.1. The lowest BCUT2D eigenvalue weighted by Crippen LogP contribution is -2.42. The molecule has 0 bridgehead atoms. The van der Waals surface area contributed by atoms with Gasteiger partial charge in [-0.05, 0) is 6.42 Å². The van der Waals surface area contributed by atoms with Gasteiger partial charge in [-0.2, -0.15) is 0 Å². The molecular weight excluding hydrogens is 160 g/mol. The van der Waals surface area contributed by atoms with E-state index in [9.17, 15) is 9.59 Å². The number of nitrogens with one attached hydrogen (secondary N) is 2. The van der Waals surface area contributed by atoms with Gasteiger partial charge in [0.2, 0.25) is 5.91 Å². The zero-order valence-corrected chi connectivity index (χ0v) is 6.83. The van der Waals surface area contributed by atoms with E-state index in [1.165, 1.54) is 0 Å². The van der Waals surface area contributed by atoms with Crippen molar-refractivity contribution in [1.29, 1.82) is 0 Å². The van der Waals surface area contributed by atoms with Crippen LogP contribution in [-0.2, 0) is 4.79 Å². The van der Waals surface area contributed by atoms with Crippen LogP contribution in [0.5, 0.6) is 0 Å². The van der Waals surface area contributed by atoms with Crippen molar-refractivity contribution in [2.24, 2.45) is 0 Å². The molecule has 2 amide bonds. The summed E-state index contributed by atoms with van der Waals surface area (Å²) in [5.41, 5.74) is 0. The lowest BCUT2D eigenvalue weighted by molar-refractivity contribution is -0.119. The molecule has 0 radical (unpaired) electrons. The molecule has 0 aromatic carbocycles. The molecule has 1 aliphatic heterocycles. The van der Waals surface area contributed by atoms with Crippen molar-refractivity contribution < 1.29 is 14.7 Å². The summed E-state index contributed by atoms with van der Waals surface area (Å²) in [5, 5.41) is 13.4. The van der Waals surface area contributed by atoms with Gasteiger partial charge in [0.15, 0.2) is 0 Å². The van der Waals surface area contributed by atoms with Gasteiger partial charge in [-0.3, -0.25) is 4.79 Å². The maximum absolute atomic E-state index is 10.9. The predicted molar refractivity (Wildman–Crippen MR) is 41.8 cm³/mol. The van der Waals surface area contributed by atoms with Crippen LogP contribution < -0.4 is 10.6 Å². The molecule has 1 saturated heterocycles. The maximum atomic E-state index is 10.9. The highest BCUT2D eigenvalue weighted by Crippen LogP contribution is 2.10.